The van der Waals surface area contributed by atoms with Gasteiger partial charge in [0.15, 0.2) is 0 Å². The van der Waals surface area contributed by atoms with E-state index < -0.39 is 6.00 Å². The Labute approximate surface area is 279 Å². The smallest absolute Gasteiger partial charge is 0.127 e. The van der Waals surface area contributed by atoms with Crippen LogP contribution >= 0.6 is 44.8 Å². The van der Waals surface area contributed by atoms with Crippen molar-refractivity contribution in [3.8, 4) is 0 Å². The zero-order chi connectivity index (χ0) is 30.0. The molecule has 0 spiro atoms. The lowest BCUT2D eigenvalue weighted by Crippen LogP contribution is -2.07. The molecule has 0 heterocycles. The van der Waals surface area contributed by atoms with Gasteiger partial charge >= 0.3 is 6.00 Å². The summed E-state index contributed by atoms with van der Waals surface area (Å²) in [5.41, 5.74) is 0. The molecule has 0 radical (unpaired) electrons. The molecule has 248 valence electrons. The molecule has 0 rings (SSSR count). The largest absolute Gasteiger partial charge is 0.341 e. The summed E-state index contributed by atoms with van der Waals surface area (Å²) in [4.78, 5) is 0. The summed E-state index contributed by atoms with van der Waals surface area (Å²) < 4.78 is 0. The van der Waals surface area contributed by atoms with Gasteiger partial charge < -0.3 is 0 Å². The quantitative estimate of drug-likeness (QED) is 0.0269. The van der Waals surface area contributed by atoms with Crippen LogP contribution < -0.4 is 0 Å². The average Bonchev–Trinajstić information content (AvgIpc) is 2.94. The Morgan fingerprint density at radius 3 is 0.512 bits per heavy atom. The molecule has 0 N–H and O–H groups in total. The van der Waals surface area contributed by atoms with Crippen LogP contribution in [0.1, 0.15) is 218 Å². The van der Waals surface area contributed by atoms with E-state index in [-0.39, 0.29) is 0 Å². The molecule has 0 amide bonds. The van der Waals surface area contributed by atoms with Gasteiger partial charge in [0.25, 0.3) is 0 Å². The van der Waals surface area contributed by atoms with Crippen molar-refractivity contribution >= 4 is 50.8 Å². The van der Waals surface area contributed by atoms with E-state index in [0.717, 1.165) is 18.3 Å². The lowest BCUT2D eigenvalue weighted by atomic mass is 10.0. The summed E-state index contributed by atoms with van der Waals surface area (Å²) in [5.74, 6) is 0.842. The SMILES string of the molecule is ClCCCCCCCCCCCCCCCCCCCCCCCCCCCCCCCCCCCC[Si](Cl)(Cl)Cl. The highest BCUT2D eigenvalue weighted by Gasteiger charge is 2.23. The number of hydrogen-bond acceptors (Lipinski definition) is 0. The van der Waals surface area contributed by atoms with Crippen LogP contribution in [0.3, 0.4) is 0 Å². The molecule has 0 aromatic carbocycles. The predicted octanol–water partition coefficient (Wildman–Crippen LogP) is 16.1. The molecule has 0 bridgehead atoms. The Kier molecular flexibility index (Phi) is 37.1. The molecular weight excluding hydrogens is 602 g/mol. The molecule has 41 heavy (non-hydrogen) atoms. The van der Waals surface area contributed by atoms with Crippen molar-refractivity contribution in [3.05, 3.63) is 0 Å². The summed E-state index contributed by atoms with van der Waals surface area (Å²) in [7, 11) is 0. The topological polar surface area (TPSA) is 0 Å². The highest BCUT2D eigenvalue weighted by molar-refractivity contribution is 7.64. The van der Waals surface area contributed by atoms with E-state index in [4.69, 9.17) is 44.8 Å². The Balaban J connectivity index is 3.04. The van der Waals surface area contributed by atoms with Crippen molar-refractivity contribution in [2.75, 3.05) is 5.88 Å². The highest BCUT2D eigenvalue weighted by Crippen LogP contribution is 2.27. The predicted molar refractivity (Wildman–Crippen MR) is 196 cm³/mol. The first-order chi connectivity index (χ1) is 20.1. The number of rotatable bonds is 36. The standard InChI is InChI=1S/C36H72Cl4Si/c37-35-33-31-29-27-25-23-21-19-17-15-13-11-9-7-5-3-1-2-4-6-8-10-12-14-16-18-20-22-24-26-28-30-32-34-36-41(38,39)40/h1-36H2. The molecule has 0 nitrogen and oxygen atoms in total. The number of unbranched alkanes of at least 4 members (excludes halogenated alkanes) is 33. The summed E-state index contributed by atoms with van der Waals surface area (Å²) >= 11 is 23.5. The van der Waals surface area contributed by atoms with Crippen LogP contribution in [-0.2, 0) is 0 Å². The van der Waals surface area contributed by atoms with Crippen LogP contribution in [0.2, 0.25) is 6.04 Å². The Morgan fingerprint density at radius 1 is 0.220 bits per heavy atom. The zero-order valence-electron chi connectivity index (χ0n) is 27.5. The minimum atomic E-state index is -2.37. The third-order valence-electron chi connectivity index (χ3n) is 8.84. The summed E-state index contributed by atoms with van der Waals surface area (Å²) in [6, 6.07) is -1.54. The van der Waals surface area contributed by atoms with Gasteiger partial charge in [0.1, 0.15) is 0 Å². The molecule has 0 saturated heterocycles. The first-order valence-corrected chi connectivity index (χ1v) is 24.5. The van der Waals surface area contributed by atoms with E-state index in [1.54, 1.807) is 0 Å². The zero-order valence-corrected chi connectivity index (χ0v) is 31.5. The lowest BCUT2D eigenvalue weighted by Gasteiger charge is -2.07. The highest BCUT2D eigenvalue weighted by atomic mass is 35.8. The fraction of sp³-hybridized carbons (Fsp3) is 1.00. The molecule has 0 aliphatic rings. The molecule has 0 aromatic heterocycles. The summed E-state index contributed by atoms with van der Waals surface area (Å²) in [6.07, 6.45) is 48.3. The maximum Gasteiger partial charge on any atom is 0.341 e. The van der Waals surface area contributed by atoms with Crippen LogP contribution in [0.15, 0.2) is 0 Å². The van der Waals surface area contributed by atoms with E-state index in [0.29, 0.717) is 0 Å². The fourth-order valence-corrected chi connectivity index (χ4v) is 8.12. The third-order valence-corrected chi connectivity index (χ3v) is 11.7. The maximum atomic E-state index is 5.93. The summed E-state index contributed by atoms with van der Waals surface area (Å²) in [5, 5.41) is 0. The van der Waals surface area contributed by atoms with Gasteiger partial charge in [-0.15, -0.1) is 44.8 Å². The van der Waals surface area contributed by atoms with Crippen molar-refractivity contribution in [2.24, 2.45) is 0 Å². The molecule has 0 saturated carbocycles. The molecule has 0 aliphatic heterocycles. The normalized spacial score (nSPS) is 12.0. The van der Waals surface area contributed by atoms with E-state index >= 15 is 0 Å². The van der Waals surface area contributed by atoms with Crippen LogP contribution in [0.4, 0.5) is 0 Å². The van der Waals surface area contributed by atoms with Gasteiger partial charge in [0, 0.05) is 5.88 Å². The van der Waals surface area contributed by atoms with Gasteiger partial charge in [-0.2, -0.15) is 0 Å². The van der Waals surface area contributed by atoms with Gasteiger partial charge in [0.05, 0.1) is 0 Å². The first kappa shape index (κ1) is 42.4. The van der Waals surface area contributed by atoms with Gasteiger partial charge in [-0.05, 0) is 12.5 Å². The van der Waals surface area contributed by atoms with Crippen LogP contribution in [0.5, 0.6) is 0 Å². The van der Waals surface area contributed by atoms with Crippen LogP contribution in [-0.4, -0.2) is 11.9 Å². The lowest BCUT2D eigenvalue weighted by molar-refractivity contribution is 0.511. The second-order valence-electron chi connectivity index (χ2n) is 13.1. The number of hydrogen-bond donors (Lipinski definition) is 0. The molecule has 0 aromatic rings. The minimum absolute atomic E-state index is 0.829. The number of halogens is 4. The first-order valence-electron chi connectivity index (χ1n) is 18.7. The van der Waals surface area contributed by atoms with E-state index in [1.807, 2.05) is 0 Å². The Morgan fingerprint density at radius 2 is 0.366 bits per heavy atom. The second-order valence-corrected chi connectivity index (χ2v) is 22.7. The van der Waals surface area contributed by atoms with Crippen LogP contribution in [0.25, 0.3) is 0 Å². The molecule has 0 atom stereocenters. The Bertz CT molecular complexity index is 469. The van der Waals surface area contributed by atoms with E-state index in [2.05, 4.69) is 0 Å². The van der Waals surface area contributed by atoms with Crippen LogP contribution in [0, 0.1) is 0 Å². The fourth-order valence-electron chi connectivity index (χ4n) is 6.08. The van der Waals surface area contributed by atoms with Gasteiger partial charge in [-0.1, -0.05) is 212 Å². The van der Waals surface area contributed by atoms with Gasteiger partial charge in [-0.3, -0.25) is 0 Å². The van der Waals surface area contributed by atoms with Gasteiger partial charge in [0.2, 0.25) is 0 Å². The van der Waals surface area contributed by atoms with Crippen molar-refractivity contribution in [3.63, 3.8) is 0 Å². The van der Waals surface area contributed by atoms with Crippen molar-refractivity contribution < 1.29 is 0 Å². The van der Waals surface area contributed by atoms with E-state index in [9.17, 15) is 0 Å². The molecule has 0 aliphatic carbocycles. The van der Waals surface area contributed by atoms with E-state index in [1.165, 1.54) is 212 Å². The average molecular weight is 675 g/mol. The second kappa shape index (κ2) is 35.9. The number of alkyl halides is 1. The van der Waals surface area contributed by atoms with Crippen molar-refractivity contribution in [1.82, 2.24) is 0 Å². The monoisotopic (exact) mass is 672 g/mol. The maximum absolute atomic E-state index is 5.93. The molecule has 0 unspecified atom stereocenters. The third kappa shape index (κ3) is 41.4. The summed E-state index contributed by atoms with van der Waals surface area (Å²) in [6.45, 7) is 0. The Hall–Kier alpha value is 1.38. The molecule has 0 fully saturated rings. The van der Waals surface area contributed by atoms with Gasteiger partial charge in [-0.25, -0.2) is 0 Å². The molecule has 5 heteroatoms. The molecular formula is C36H72Cl4Si. The van der Waals surface area contributed by atoms with Crippen molar-refractivity contribution in [1.29, 1.82) is 0 Å². The minimum Gasteiger partial charge on any atom is -0.127 e. The van der Waals surface area contributed by atoms with Crippen molar-refractivity contribution in [2.45, 2.75) is 224 Å².